The van der Waals surface area contributed by atoms with E-state index in [4.69, 9.17) is 34.0 Å². The van der Waals surface area contributed by atoms with E-state index in [0.717, 1.165) is 6.07 Å². The highest BCUT2D eigenvalue weighted by Gasteiger charge is 2.15. The van der Waals surface area contributed by atoms with Gasteiger partial charge in [-0.05, 0) is 24.3 Å². The van der Waals surface area contributed by atoms with Crippen molar-refractivity contribution in [1.29, 1.82) is 0 Å². The third-order valence-electron chi connectivity index (χ3n) is 2.35. The van der Waals surface area contributed by atoms with Crippen LogP contribution in [0.5, 0.6) is 5.88 Å². The molecule has 0 amide bonds. The fourth-order valence-corrected chi connectivity index (χ4v) is 1.79. The Morgan fingerprint density at radius 2 is 2.05 bits per heavy atom. The summed E-state index contributed by atoms with van der Waals surface area (Å²) in [4.78, 5) is 14.5. The first-order valence-electron chi connectivity index (χ1n) is 5.20. The normalized spacial score (nSPS) is 10.3. The molecule has 1 aromatic carbocycles. The van der Waals surface area contributed by atoms with Gasteiger partial charge in [-0.25, -0.2) is 14.2 Å². The summed E-state index contributed by atoms with van der Waals surface area (Å²) in [5.41, 5.74) is 6.42. The first kappa shape index (κ1) is 14.4. The molecule has 8 heteroatoms. The molecule has 2 rings (SSSR count). The summed E-state index contributed by atoms with van der Waals surface area (Å²) in [5, 5.41) is 8.37. The maximum atomic E-state index is 13.1. The summed E-state index contributed by atoms with van der Waals surface area (Å²) in [6, 6.07) is 5.31. The van der Waals surface area contributed by atoms with Crippen LogP contribution >= 0.6 is 23.2 Å². The van der Waals surface area contributed by atoms with Gasteiger partial charge in [-0.15, -0.1) is 0 Å². The SMILES string of the molecule is Nc1cc(-c2ccc(F)c(Cl)c2)nc(OC(=O)O)c1Cl. The number of anilines is 1. The van der Waals surface area contributed by atoms with Gasteiger partial charge in [0.2, 0.25) is 5.88 Å². The van der Waals surface area contributed by atoms with E-state index in [2.05, 4.69) is 9.72 Å². The van der Waals surface area contributed by atoms with E-state index in [-0.39, 0.29) is 27.3 Å². The van der Waals surface area contributed by atoms with Crippen LogP contribution in [0.4, 0.5) is 14.9 Å². The fourth-order valence-electron chi connectivity index (χ4n) is 1.48. The van der Waals surface area contributed by atoms with E-state index in [1.165, 1.54) is 18.2 Å². The molecule has 0 fully saturated rings. The van der Waals surface area contributed by atoms with E-state index in [0.29, 0.717) is 5.56 Å². The molecule has 3 N–H and O–H groups in total. The van der Waals surface area contributed by atoms with E-state index in [1.807, 2.05) is 0 Å². The number of aromatic nitrogens is 1. The number of nitrogens with two attached hydrogens (primary N) is 1. The van der Waals surface area contributed by atoms with Gasteiger partial charge in [0.15, 0.2) is 0 Å². The predicted molar refractivity (Wildman–Crippen MR) is 72.7 cm³/mol. The average molecular weight is 317 g/mol. The Morgan fingerprint density at radius 1 is 1.35 bits per heavy atom. The zero-order chi connectivity index (χ0) is 14.9. The van der Waals surface area contributed by atoms with Crippen molar-refractivity contribution in [2.75, 3.05) is 5.73 Å². The molecule has 0 spiro atoms. The number of rotatable bonds is 2. The Balaban J connectivity index is 2.54. The first-order chi connectivity index (χ1) is 9.38. The Morgan fingerprint density at radius 3 is 2.65 bits per heavy atom. The van der Waals surface area contributed by atoms with Crippen molar-refractivity contribution in [1.82, 2.24) is 4.98 Å². The Bertz CT molecular complexity index is 695. The average Bonchev–Trinajstić information content (AvgIpc) is 2.37. The molecule has 1 heterocycles. The molecule has 0 aliphatic rings. The van der Waals surface area contributed by atoms with Gasteiger partial charge in [-0.3, -0.25) is 0 Å². The van der Waals surface area contributed by atoms with Crippen LogP contribution in [0.15, 0.2) is 24.3 Å². The number of hydrogen-bond acceptors (Lipinski definition) is 4. The number of carbonyl (C=O) groups is 1. The van der Waals surface area contributed by atoms with Crippen LogP contribution in [-0.2, 0) is 0 Å². The number of pyridine rings is 1. The lowest BCUT2D eigenvalue weighted by Gasteiger charge is -2.08. The predicted octanol–water partition coefficient (Wildman–Crippen LogP) is 3.83. The molecule has 0 unspecified atom stereocenters. The number of hydrogen-bond donors (Lipinski definition) is 2. The summed E-state index contributed by atoms with van der Waals surface area (Å²) in [5.74, 6) is -0.936. The molecule has 0 radical (unpaired) electrons. The van der Waals surface area contributed by atoms with Crippen LogP contribution in [-0.4, -0.2) is 16.2 Å². The summed E-state index contributed by atoms with van der Waals surface area (Å²) in [6.07, 6.45) is -1.58. The topological polar surface area (TPSA) is 85.4 Å². The van der Waals surface area contributed by atoms with Crippen molar-refractivity contribution in [2.24, 2.45) is 0 Å². The molecule has 0 bridgehead atoms. The molecule has 0 saturated carbocycles. The lowest BCUT2D eigenvalue weighted by Crippen LogP contribution is -2.06. The molecule has 0 atom stereocenters. The maximum Gasteiger partial charge on any atom is 0.512 e. The van der Waals surface area contributed by atoms with Gasteiger partial charge in [0.1, 0.15) is 10.8 Å². The number of nitrogen functional groups attached to an aromatic ring is 1. The Hall–Kier alpha value is -2.05. The molecule has 0 saturated heterocycles. The Kier molecular flexibility index (Phi) is 3.96. The van der Waals surface area contributed by atoms with Crippen LogP contribution in [0, 0.1) is 5.82 Å². The molecule has 1 aromatic heterocycles. The van der Waals surface area contributed by atoms with Gasteiger partial charge in [0.25, 0.3) is 0 Å². The summed E-state index contributed by atoms with van der Waals surface area (Å²) < 4.78 is 17.5. The van der Waals surface area contributed by atoms with Crippen molar-refractivity contribution in [3.05, 3.63) is 40.1 Å². The first-order valence-corrected chi connectivity index (χ1v) is 5.96. The van der Waals surface area contributed by atoms with Crippen molar-refractivity contribution >= 4 is 35.0 Å². The molecule has 0 aliphatic carbocycles. The summed E-state index contributed by atoms with van der Waals surface area (Å²) in [6.45, 7) is 0. The van der Waals surface area contributed by atoms with Gasteiger partial charge >= 0.3 is 6.16 Å². The van der Waals surface area contributed by atoms with Gasteiger partial charge in [0.05, 0.1) is 16.4 Å². The smallest absolute Gasteiger partial charge is 0.449 e. The zero-order valence-electron chi connectivity index (χ0n) is 9.73. The molecular weight excluding hydrogens is 310 g/mol. The highest BCUT2D eigenvalue weighted by molar-refractivity contribution is 6.34. The van der Waals surface area contributed by atoms with Gasteiger partial charge in [-0.2, -0.15) is 0 Å². The van der Waals surface area contributed by atoms with Crippen LogP contribution in [0.2, 0.25) is 10.0 Å². The van der Waals surface area contributed by atoms with Crippen molar-refractivity contribution in [2.45, 2.75) is 0 Å². The number of benzene rings is 1. The number of ether oxygens (including phenoxy) is 1. The summed E-state index contributed by atoms with van der Waals surface area (Å²) in [7, 11) is 0. The fraction of sp³-hybridized carbons (Fsp3) is 0. The van der Waals surface area contributed by atoms with E-state index >= 15 is 0 Å². The number of halogens is 3. The van der Waals surface area contributed by atoms with Gasteiger partial charge < -0.3 is 15.6 Å². The highest BCUT2D eigenvalue weighted by atomic mass is 35.5. The maximum absolute atomic E-state index is 13.1. The standard InChI is InChI=1S/C12H7Cl2FN2O3/c13-6-3-5(1-2-7(6)15)9-4-8(16)10(14)11(17-9)20-12(18)19/h1-4H,(H2,16,17)(H,18,19). The monoisotopic (exact) mass is 316 g/mol. The van der Waals surface area contributed by atoms with E-state index in [9.17, 15) is 9.18 Å². The van der Waals surface area contributed by atoms with Crippen LogP contribution in [0.25, 0.3) is 11.3 Å². The van der Waals surface area contributed by atoms with E-state index in [1.54, 1.807) is 0 Å². The third kappa shape index (κ3) is 2.92. The highest BCUT2D eigenvalue weighted by Crippen LogP contribution is 2.33. The van der Waals surface area contributed by atoms with Gasteiger partial charge in [-0.1, -0.05) is 23.2 Å². The van der Waals surface area contributed by atoms with Crippen LogP contribution in [0.1, 0.15) is 0 Å². The molecule has 20 heavy (non-hydrogen) atoms. The van der Waals surface area contributed by atoms with Crippen molar-refractivity contribution in [3.63, 3.8) is 0 Å². The lowest BCUT2D eigenvalue weighted by atomic mass is 10.1. The minimum absolute atomic E-state index is 0.0772. The van der Waals surface area contributed by atoms with Crippen LogP contribution in [0.3, 0.4) is 0 Å². The quantitative estimate of drug-likeness (QED) is 0.822. The molecular formula is C12H7Cl2FN2O3. The second-order valence-electron chi connectivity index (χ2n) is 3.71. The van der Waals surface area contributed by atoms with Gasteiger partial charge in [0, 0.05) is 5.56 Å². The molecule has 0 aliphatic heterocycles. The second-order valence-corrected chi connectivity index (χ2v) is 4.50. The third-order valence-corrected chi connectivity index (χ3v) is 3.02. The van der Waals surface area contributed by atoms with Crippen molar-refractivity contribution in [3.8, 4) is 17.1 Å². The molecule has 2 aromatic rings. The van der Waals surface area contributed by atoms with Crippen LogP contribution < -0.4 is 10.5 Å². The minimum Gasteiger partial charge on any atom is -0.449 e. The minimum atomic E-state index is -1.58. The molecule has 5 nitrogen and oxygen atoms in total. The lowest BCUT2D eigenvalue weighted by molar-refractivity contribution is 0.142. The Labute approximate surface area is 122 Å². The second kappa shape index (κ2) is 5.52. The largest absolute Gasteiger partial charge is 0.512 e. The zero-order valence-corrected chi connectivity index (χ0v) is 11.2. The number of nitrogens with zero attached hydrogens (tertiary/aromatic N) is 1. The number of carboxylic acid groups (broad SMARTS) is 1. The molecule has 104 valence electrons. The van der Waals surface area contributed by atoms with E-state index < -0.39 is 12.0 Å². The van der Waals surface area contributed by atoms with Crippen molar-refractivity contribution < 1.29 is 19.0 Å². The summed E-state index contributed by atoms with van der Waals surface area (Å²) >= 11 is 11.5.